The van der Waals surface area contributed by atoms with E-state index in [1.807, 2.05) is 0 Å². The Balaban J connectivity index is 0.000000821. The first-order valence-corrected chi connectivity index (χ1v) is 14.2. The maximum absolute atomic E-state index is 13.2. The van der Waals surface area contributed by atoms with Gasteiger partial charge in [0.2, 0.25) is 0 Å². The highest BCUT2D eigenvalue weighted by Gasteiger charge is 2.39. The molecule has 0 heterocycles. The van der Waals surface area contributed by atoms with Crippen LogP contribution in [-0.4, -0.2) is 45.8 Å². The SMILES string of the molecule is CC(C)CN(Cc1ccc(C(C)(C)C)cc1)[C@@H]1CC[C@@H](CC(=O)O)C[C@H]1c1ccc(C(F)(F)F)cc1.O=C(O)C(F)(F)F. The fourth-order valence-corrected chi connectivity index (χ4v) is 5.52. The summed E-state index contributed by atoms with van der Waals surface area (Å²) in [5.41, 5.74) is 2.77. The summed E-state index contributed by atoms with van der Waals surface area (Å²) in [5.74, 6) is -3.14. The van der Waals surface area contributed by atoms with Crippen molar-refractivity contribution in [3.05, 3.63) is 70.8 Å². The van der Waals surface area contributed by atoms with Gasteiger partial charge in [0.15, 0.2) is 0 Å². The van der Waals surface area contributed by atoms with Gasteiger partial charge in [0.05, 0.1) is 5.56 Å². The number of nitrogens with zero attached hydrogens (tertiary/aromatic N) is 1. The molecule has 1 fully saturated rings. The van der Waals surface area contributed by atoms with Gasteiger partial charge in [0.1, 0.15) is 0 Å². The lowest BCUT2D eigenvalue weighted by atomic mass is 9.72. The van der Waals surface area contributed by atoms with Crippen molar-refractivity contribution >= 4 is 11.9 Å². The van der Waals surface area contributed by atoms with Crippen LogP contribution in [0, 0.1) is 11.8 Å². The first kappa shape index (κ1) is 36.1. The highest BCUT2D eigenvalue weighted by atomic mass is 19.4. The minimum Gasteiger partial charge on any atom is -0.481 e. The quantitative estimate of drug-likeness (QED) is 0.291. The van der Waals surface area contributed by atoms with Crippen molar-refractivity contribution < 1.29 is 46.1 Å². The van der Waals surface area contributed by atoms with Gasteiger partial charge in [-0.1, -0.05) is 71.0 Å². The molecule has 0 radical (unpaired) electrons. The third kappa shape index (κ3) is 11.5. The molecule has 2 aromatic rings. The van der Waals surface area contributed by atoms with Crippen LogP contribution in [0.25, 0.3) is 0 Å². The third-order valence-corrected chi connectivity index (χ3v) is 7.57. The number of carboxylic acids is 2. The summed E-state index contributed by atoms with van der Waals surface area (Å²) in [5, 5.41) is 16.5. The lowest BCUT2D eigenvalue weighted by Crippen LogP contribution is -2.44. The molecule has 5 nitrogen and oxygen atoms in total. The van der Waals surface area contributed by atoms with Crippen LogP contribution in [0.5, 0.6) is 0 Å². The molecule has 1 aliphatic rings. The van der Waals surface area contributed by atoms with Crippen molar-refractivity contribution in [1.82, 2.24) is 4.90 Å². The molecule has 1 saturated carbocycles. The molecular weight excluding hydrogens is 576 g/mol. The zero-order valence-electron chi connectivity index (χ0n) is 25.1. The predicted octanol–water partition coefficient (Wildman–Crippen LogP) is 8.52. The Morgan fingerprint density at radius 3 is 1.79 bits per heavy atom. The van der Waals surface area contributed by atoms with Crippen LogP contribution in [0.1, 0.15) is 88.5 Å². The van der Waals surface area contributed by atoms with Gasteiger partial charge in [0.25, 0.3) is 0 Å². The molecule has 0 amide bonds. The highest BCUT2D eigenvalue weighted by molar-refractivity contribution is 5.73. The highest BCUT2D eigenvalue weighted by Crippen LogP contribution is 2.42. The summed E-state index contributed by atoms with van der Waals surface area (Å²) in [6.07, 6.45) is -7.05. The number of halogens is 6. The number of aliphatic carboxylic acids is 2. The fourth-order valence-electron chi connectivity index (χ4n) is 5.52. The molecule has 2 N–H and O–H groups in total. The number of rotatable bonds is 8. The number of carboxylic acid groups (broad SMARTS) is 2. The van der Waals surface area contributed by atoms with Crippen molar-refractivity contribution in [3.63, 3.8) is 0 Å². The Labute approximate surface area is 248 Å². The van der Waals surface area contributed by atoms with Crippen LogP contribution in [0.15, 0.2) is 48.5 Å². The number of carbonyl (C=O) groups is 2. The summed E-state index contributed by atoms with van der Waals surface area (Å²) >= 11 is 0. The first-order chi connectivity index (χ1) is 19.7. The minimum atomic E-state index is -5.08. The van der Waals surface area contributed by atoms with Crippen molar-refractivity contribution in [3.8, 4) is 0 Å². The smallest absolute Gasteiger partial charge is 0.481 e. The molecule has 0 unspecified atom stereocenters. The molecule has 0 spiro atoms. The zero-order chi connectivity index (χ0) is 32.8. The first-order valence-electron chi connectivity index (χ1n) is 14.2. The van der Waals surface area contributed by atoms with E-state index in [0.29, 0.717) is 12.3 Å². The number of alkyl halides is 6. The van der Waals surface area contributed by atoms with E-state index in [2.05, 4.69) is 63.8 Å². The van der Waals surface area contributed by atoms with Crippen molar-refractivity contribution in [1.29, 1.82) is 0 Å². The normalized spacial score (nSPS) is 19.6. The summed E-state index contributed by atoms with van der Waals surface area (Å²) in [6, 6.07) is 14.4. The van der Waals surface area contributed by atoms with Crippen LogP contribution in [-0.2, 0) is 27.7 Å². The average molecular weight is 618 g/mol. The number of hydrogen-bond acceptors (Lipinski definition) is 3. The predicted molar refractivity (Wildman–Crippen MR) is 152 cm³/mol. The van der Waals surface area contributed by atoms with Gasteiger partial charge < -0.3 is 10.2 Å². The average Bonchev–Trinajstić information content (AvgIpc) is 2.87. The molecule has 0 bridgehead atoms. The summed E-state index contributed by atoms with van der Waals surface area (Å²) in [4.78, 5) is 22.8. The van der Waals surface area contributed by atoms with Crippen molar-refractivity contribution in [2.24, 2.45) is 11.8 Å². The number of hydrogen-bond donors (Lipinski definition) is 2. The summed E-state index contributed by atoms with van der Waals surface area (Å²) in [7, 11) is 0. The van der Waals surface area contributed by atoms with E-state index >= 15 is 0 Å². The van der Waals surface area contributed by atoms with E-state index in [0.717, 1.165) is 43.6 Å². The monoisotopic (exact) mass is 617 g/mol. The topological polar surface area (TPSA) is 77.8 Å². The fraction of sp³-hybridized carbons (Fsp3) is 0.562. The van der Waals surface area contributed by atoms with Crippen LogP contribution in [0.2, 0.25) is 0 Å². The molecule has 1 aliphatic carbocycles. The van der Waals surface area contributed by atoms with Crippen LogP contribution < -0.4 is 0 Å². The Morgan fingerprint density at radius 2 is 1.37 bits per heavy atom. The van der Waals surface area contributed by atoms with E-state index < -0.39 is 29.9 Å². The van der Waals surface area contributed by atoms with Gasteiger partial charge in [-0.15, -0.1) is 0 Å². The molecule has 240 valence electrons. The van der Waals surface area contributed by atoms with Gasteiger partial charge in [0, 0.05) is 25.6 Å². The van der Waals surface area contributed by atoms with E-state index in [-0.39, 0.29) is 29.7 Å². The zero-order valence-corrected chi connectivity index (χ0v) is 25.1. The number of benzene rings is 2. The van der Waals surface area contributed by atoms with E-state index in [9.17, 15) is 36.2 Å². The molecule has 43 heavy (non-hydrogen) atoms. The van der Waals surface area contributed by atoms with E-state index in [1.165, 1.54) is 11.1 Å². The third-order valence-electron chi connectivity index (χ3n) is 7.57. The summed E-state index contributed by atoms with van der Waals surface area (Å²) < 4.78 is 71.3. The van der Waals surface area contributed by atoms with Gasteiger partial charge in [-0.05, 0) is 71.3 Å². The Hall–Kier alpha value is -3.08. The molecule has 0 aromatic heterocycles. The lowest BCUT2D eigenvalue weighted by Gasteiger charge is -2.43. The van der Waals surface area contributed by atoms with Gasteiger partial charge in [-0.25, -0.2) is 4.79 Å². The van der Waals surface area contributed by atoms with Crippen molar-refractivity contribution in [2.45, 2.75) is 96.6 Å². The van der Waals surface area contributed by atoms with E-state index in [1.54, 1.807) is 12.1 Å². The second-order valence-electron chi connectivity index (χ2n) is 12.6. The van der Waals surface area contributed by atoms with Crippen LogP contribution in [0.4, 0.5) is 26.3 Å². The lowest BCUT2D eigenvalue weighted by molar-refractivity contribution is -0.192. The van der Waals surface area contributed by atoms with Gasteiger partial charge in [-0.2, -0.15) is 26.3 Å². The Kier molecular flexibility index (Phi) is 12.3. The molecule has 3 rings (SSSR count). The Morgan fingerprint density at radius 1 is 0.860 bits per heavy atom. The molecule has 2 aromatic carbocycles. The largest absolute Gasteiger partial charge is 0.490 e. The molecule has 0 aliphatic heterocycles. The standard InChI is InChI=1S/C30H40F3NO2.C2HF3O2/c1-20(2)18-34(19-21-6-11-24(12-7-21)29(3,4)5)27-15-8-22(17-28(35)36)16-26(27)23-9-13-25(14-10-23)30(31,32)33;3-2(4,5)1(6)7/h6-7,9-14,20,22,26-27H,8,15-19H2,1-5H3,(H,35,36);(H,6,7)/t22-,26+,27-;/m1./s1. The van der Waals surface area contributed by atoms with Gasteiger partial charge in [-0.3, -0.25) is 9.69 Å². The second-order valence-corrected chi connectivity index (χ2v) is 12.6. The maximum Gasteiger partial charge on any atom is 0.490 e. The molecule has 11 heteroatoms. The summed E-state index contributed by atoms with van der Waals surface area (Å²) in [6.45, 7) is 12.6. The maximum atomic E-state index is 13.2. The molecule has 3 atom stereocenters. The van der Waals surface area contributed by atoms with Crippen molar-refractivity contribution in [2.75, 3.05) is 6.54 Å². The Bertz CT molecular complexity index is 1180. The molecular formula is C32H41F6NO4. The van der Waals surface area contributed by atoms with Gasteiger partial charge >= 0.3 is 24.3 Å². The van der Waals surface area contributed by atoms with Crippen LogP contribution >= 0.6 is 0 Å². The minimum absolute atomic E-state index is 0.0158. The second kappa shape index (κ2) is 14.6. The van der Waals surface area contributed by atoms with Crippen LogP contribution in [0.3, 0.4) is 0 Å². The molecule has 0 saturated heterocycles. The van der Waals surface area contributed by atoms with E-state index in [4.69, 9.17) is 9.90 Å².